The van der Waals surface area contributed by atoms with Gasteiger partial charge in [0.2, 0.25) is 0 Å². The average Bonchev–Trinajstić information content (AvgIpc) is 3.29. The molecule has 0 saturated heterocycles. The fourth-order valence-corrected chi connectivity index (χ4v) is 8.29. The average molecular weight is 717 g/mol. The molecular formula is C53H36N2O. The Morgan fingerprint density at radius 1 is 0.321 bits per heavy atom. The molecule has 0 unspecified atom stereocenters. The first-order chi connectivity index (χ1) is 27.8. The van der Waals surface area contributed by atoms with Gasteiger partial charge in [0.05, 0.1) is 16.8 Å². The van der Waals surface area contributed by atoms with E-state index in [1.54, 1.807) is 0 Å². The van der Waals surface area contributed by atoms with E-state index in [1.165, 1.54) is 11.1 Å². The van der Waals surface area contributed by atoms with Crippen molar-refractivity contribution in [2.24, 2.45) is 0 Å². The first kappa shape index (κ1) is 33.2. The zero-order valence-corrected chi connectivity index (χ0v) is 30.6. The molecule has 2 heterocycles. The van der Waals surface area contributed by atoms with Crippen LogP contribution in [0.5, 0.6) is 11.5 Å². The maximum Gasteiger partial charge on any atom is 0.160 e. The highest BCUT2D eigenvalue weighted by molar-refractivity contribution is 5.85. The van der Waals surface area contributed by atoms with Gasteiger partial charge in [0.25, 0.3) is 0 Å². The second-order valence-corrected chi connectivity index (χ2v) is 14.1. The number of para-hydroxylation sites is 2. The number of fused-ring (bicyclic) bond motifs is 2. The zero-order valence-electron chi connectivity index (χ0n) is 30.6. The number of aromatic nitrogens is 2. The molecule has 0 amide bonds. The summed E-state index contributed by atoms with van der Waals surface area (Å²) in [6, 6.07) is 76.8. The van der Waals surface area contributed by atoms with Crippen molar-refractivity contribution in [3.8, 4) is 67.7 Å². The molecule has 0 atom stereocenters. The van der Waals surface area contributed by atoms with E-state index in [0.717, 1.165) is 73.0 Å². The first-order valence-corrected chi connectivity index (χ1v) is 19.0. The largest absolute Gasteiger partial charge is 0.457 e. The molecule has 56 heavy (non-hydrogen) atoms. The summed E-state index contributed by atoms with van der Waals surface area (Å²) in [6.45, 7) is 0. The van der Waals surface area contributed by atoms with Crippen LogP contribution in [0.1, 0.15) is 22.3 Å². The maximum atomic E-state index is 6.56. The number of hydrogen-bond acceptors (Lipinski definition) is 3. The molecule has 1 aliphatic heterocycles. The third kappa shape index (κ3) is 5.78. The van der Waals surface area contributed by atoms with Gasteiger partial charge < -0.3 is 4.74 Å². The highest BCUT2D eigenvalue weighted by Crippen LogP contribution is 2.55. The minimum absolute atomic E-state index is 0.599. The Labute approximate surface area is 327 Å². The van der Waals surface area contributed by atoms with Gasteiger partial charge in [-0.15, -0.1) is 0 Å². The number of hydrogen-bond donors (Lipinski definition) is 0. The van der Waals surface area contributed by atoms with Gasteiger partial charge in [-0.2, -0.15) is 0 Å². The number of ether oxygens (including phenoxy) is 1. The lowest BCUT2D eigenvalue weighted by molar-refractivity contribution is 0.434. The second kappa shape index (κ2) is 14.1. The minimum atomic E-state index is -0.599. The van der Waals surface area contributed by atoms with E-state index in [4.69, 9.17) is 14.7 Å². The standard InChI is InChI=1S/C53H36N2O/c1-4-18-37(19-5-1)44-28-10-11-29-45(44)49-36-48(54-52(55-49)38-20-6-2-7-21-38)41-24-16-22-39(34-41)40-23-17-27-43(35-40)53(42-25-8-3-9-26-42)46-30-12-14-32-50(46)56-51-33-15-13-31-47(51)53/h1-36H. The molecule has 0 bridgehead atoms. The van der Waals surface area contributed by atoms with Gasteiger partial charge in [0.15, 0.2) is 5.82 Å². The quantitative estimate of drug-likeness (QED) is 0.165. The highest BCUT2D eigenvalue weighted by atomic mass is 16.5. The van der Waals surface area contributed by atoms with Gasteiger partial charge in [-0.05, 0) is 63.7 Å². The van der Waals surface area contributed by atoms with Crippen LogP contribution in [0.2, 0.25) is 0 Å². The lowest BCUT2D eigenvalue weighted by Gasteiger charge is -2.41. The van der Waals surface area contributed by atoms with Gasteiger partial charge in [-0.3, -0.25) is 0 Å². The summed E-state index contributed by atoms with van der Waals surface area (Å²) >= 11 is 0. The normalized spacial score (nSPS) is 12.6. The molecule has 3 nitrogen and oxygen atoms in total. The third-order valence-electron chi connectivity index (χ3n) is 10.8. The van der Waals surface area contributed by atoms with Crippen LogP contribution in [-0.2, 0) is 5.41 Å². The van der Waals surface area contributed by atoms with Gasteiger partial charge >= 0.3 is 0 Å². The molecule has 0 aliphatic carbocycles. The Morgan fingerprint density at radius 2 is 0.804 bits per heavy atom. The van der Waals surface area contributed by atoms with Gasteiger partial charge in [-0.25, -0.2) is 9.97 Å². The SMILES string of the molecule is c1ccc(-c2nc(-c3cccc(-c4cccc(C5(c6ccccc6)c6ccccc6Oc6ccccc65)c4)c3)cc(-c3ccccc3-c3ccccc3)n2)cc1. The van der Waals surface area contributed by atoms with Crippen molar-refractivity contribution >= 4 is 0 Å². The fourth-order valence-electron chi connectivity index (χ4n) is 8.29. The van der Waals surface area contributed by atoms with E-state index < -0.39 is 5.41 Å². The predicted octanol–water partition coefficient (Wildman–Crippen LogP) is 13.3. The van der Waals surface area contributed by atoms with Crippen molar-refractivity contribution in [3.63, 3.8) is 0 Å². The Bertz CT molecular complexity index is 2790. The highest BCUT2D eigenvalue weighted by Gasteiger charge is 2.45. The van der Waals surface area contributed by atoms with Crippen LogP contribution in [0.25, 0.3) is 56.2 Å². The molecule has 9 aromatic rings. The van der Waals surface area contributed by atoms with E-state index in [-0.39, 0.29) is 0 Å². The van der Waals surface area contributed by atoms with Crippen molar-refractivity contribution in [1.82, 2.24) is 9.97 Å². The molecule has 0 fully saturated rings. The zero-order chi connectivity index (χ0) is 37.3. The van der Waals surface area contributed by atoms with Crippen molar-refractivity contribution in [3.05, 3.63) is 241 Å². The third-order valence-corrected chi connectivity index (χ3v) is 10.8. The molecule has 3 heteroatoms. The van der Waals surface area contributed by atoms with Crippen LogP contribution in [0.3, 0.4) is 0 Å². The molecule has 0 N–H and O–H groups in total. The summed E-state index contributed by atoms with van der Waals surface area (Å²) in [5.41, 5.74) is 13.3. The Morgan fingerprint density at radius 3 is 1.50 bits per heavy atom. The Balaban J connectivity index is 1.13. The summed E-state index contributed by atoms with van der Waals surface area (Å²) in [5.74, 6) is 2.42. The molecule has 0 spiro atoms. The van der Waals surface area contributed by atoms with Crippen LogP contribution in [0, 0.1) is 0 Å². The molecule has 0 saturated carbocycles. The Hall–Kier alpha value is -7.36. The van der Waals surface area contributed by atoms with Gasteiger partial charge in [0, 0.05) is 27.8 Å². The maximum absolute atomic E-state index is 6.56. The summed E-state index contributed by atoms with van der Waals surface area (Å²) in [7, 11) is 0. The Kier molecular flexibility index (Phi) is 8.38. The topological polar surface area (TPSA) is 35.0 Å². The van der Waals surface area contributed by atoms with Crippen LogP contribution in [-0.4, -0.2) is 9.97 Å². The summed E-state index contributed by atoms with van der Waals surface area (Å²) in [4.78, 5) is 10.4. The fraction of sp³-hybridized carbons (Fsp3) is 0.0189. The monoisotopic (exact) mass is 716 g/mol. The van der Waals surface area contributed by atoms with E-state index in [9.17, 15) is 0 Å². The smallest absolute Gasteiger partial charge is 0.160 e. The van der Waals surface area contributed by atoms with Crippen LogP contribution in [0.4, 0.5) is 0 Å². The first-order valence-electron chi connectivity index (χ1n) is 19.0. The van der Waals surface area contributed by atoms with E-state index in [2.05, 4.69) is 182 Å². The summed E-state index contributed by atoms with van der Waals surface area (Å²) in [6.07, 6.45) is 0. The van der Waals surface area contributed by atoms with Gasteiger partial charge in [0.1, 0.15) is 11.5 Å². The molecule has 1 aliphatic rings. The van der Waals surface area contributed by atoms with Crippen LogP contribution < -0.4 is 4.74 Å². The molecule has 10 rings (SSSR count). The van der Waals surface area contributed by atoms with E-state index in [0.29, 0.717) is 5.82 Å². The van der Waals surface area contributed by atoms with Gasteiger partial charge in [-0.1, -0.05) is 188 Å². The number of rotatable bonds is 7. The molecule has 1 aromatic heterocycles. The number of nitrogens with zero attached hydrogens (tertiary/aromatic N) is 2. The molecule has 0 radical (unpaired) electrons. The molecule has 8 aromatic carbocycles. The van der Waals surface area contributed by atoms with Crippen molar-refractivity contribution in [2.45, 2.75) is 5.41 Å². The lowest BCUT2D eigenvalue weighted by Crippen LogP contribution is -2.34. The number of benzene rings is 8. The summed E-state index contributed by atoms with van der Waals surface area (Å²) in [5, 5.41) is 0. The van der Waals surface area contributed by atoms with Crippen molar-refractivity contribution < 1.29 is 4.74 Å². The second-order valence-electron chi connectivity index (χ2n) is 14.1. The van der Waals surface area contributed by atoms with E-state index in [1.807, 2.05) is 36.4 Å². The van der Waals surface area contributed by atoms with Crippen LogP contribution in [0.15, 0.2) is 218 Å². The molecular weight excluding hydrogens is 681 g/mol. The van der Waals surface area contributed by atoms with Crippen molar-refractivity contribution in [2.75, 3.05) is 0 Å². The minimum Gasteiger partial charge on any atom is -0.457 e. The lowest BCUT2D eigenvalue weighted by atomic mass is 9.63. The van der Waals surface area contributed by atoms with Crippen molar-refractivity contribution in [1.29, 1.82) is 0 Å². The molecule has 264 valence electrons. The van der Waals surface area contributed by atoms with Crippen LogP contribution >= 0.6 is 0 Å². The van der Waals surface area contributed by atoms with E-state index >= 15 is 0 Å². The summed E-state index contributed by atoms with van der Waals surface area (Å²) < 4.78 is 6.56. The predicted molar refractivity (Wildman–Crippen MR) is 228 cm³/mol.